The molecule has 0 amide bonds. The summed E-state index contributed by atoms with van der Waals surface area (Å²) in [5, 5.41) is 0. The zero-order chi connectivity index (χ0) is 15.4. The van der Waals surface area contributed by atoms with Crippen molar-refractivity contribution in [2.75, 3.05) is 7.11 Å². The Kier molecular flexibility index (Phi) is 4.94. The molecule has 0 spiro atoms. The molecule has 4 heteroatoms. The molecule has 0 aliphatic heterocycles. The second-order valence-electron chi connectivity index (χ2n) is 5.22. The van der Waals surface area contributed by atoms with Gasteiger partial charge in [-0.25, -0.2) is 4.39 Å². The molecule has 0 heterocycles. The van der Waals surface area contributed by atoms with Crippen LogP contribution in [0.4, 0.5) is 4.39 Å². The molecule has 3 nitrogen and oxygen atoms in total. The van der Waals surface area contributed by atoms with Crippen LogP contribution in [0.5, 0.6) is 5.75 Å². The van der Waals surface area contributed by atoms with Crippen LogP contribution in [0, 0.1) is 19.7 Å². The molecular formula is C17H21FN2O. The SMILES string of the molecule is COc1ccc(C)cc1CC(NN)c1cccc(C)c1F. The zero-order valence-corrected chi connectivity index (χ0v) is 12.6. The van der Waals surface area contributed by atoms with E-state index in [0.29, 0.717) is 17.5 Å². The van der Waals surface area contributed by atoms with Crippen LogP contribution in [0.2, 0.25) is 0 Å². The molecule has 2 rings (SSSR count). The van der Waals surface area contributed by atoms with E-state index < -0.39 is 0 Å². The molecular weight excluding hydrogens is 267 g/mol. The second-order valence-corrected chi connectivity index (χ2v) is 5.22. The summed E-state index contributed by atoms with van der Waals surface area (Å²) in [6.07, 6.45) is 0.557. The van der Waals surface area contributed by atoms with Gasteiger partial charge in [-0.15, -0.1) is 0 Å². The lowest BCUT2D eigenvalue weighted by Crippen LogP contribution is -2.30. The van der Waals surface area contributed by atoms with Gasteiger partial charge in [0.05, 0.1) is 13.2 Å². The number of ether oxygens (including phenoxy) is 1. The zero-order valence-electron chi connectivity index (χ0n) is 12.6. The van der Waals surface area contributed by atoms with E-state index in [9.17, 15) is 4.39 Å². The van der Waals surface area contributed by atoms with Gasteiger partial charge in [-0.3, -0.25) is 11.3 Å². The van der Waals surface area contributed by atoms with Crippen molar-refractivity contribution in [3.8, 4) is 5.75 Å². The van der Waals surface area contributed by atoms with Crippen molar-refractivity contribution in [1.82, 2.24) is 5.43 Å². The third-order valence-corrected chi connectivity index (χ3v) is 3.66. The first-order chi connectivity index (χ1) is 10.1. The molecule has 0 saturated heterocycles. The summed E-state index contributed by atoms with van der Waals surface area (Å²) >= 11 is 0. The van der Waals surface area contributed by atoms with Gasteiger partial charge in [0, 0.05) is 5.56 Å². The van der Waals surface area contributed by atoms with Gasteiger partial charge >= 0.3 is 0 Å². The number of nitrogens with one attached hydrogen (secondary N) is 1. The number of hydrogen-bond acceptors (Lipinski definition) is 3. The number of aryl methyl sites for hydroxylation is 2. The molecule has 0 radical (unpaired) electrons. The van der Waals surface area contributed by atoms with E-state index in [1.54, 1.807) is 26.2 Å². The number of halogens is 1. The summed E-state index contributed by atoms with van der Waals surface area (Å²) in [5.41, 5.74) is 6.03. The Balaban J connectivity index is 2.35. The molecule has 2 aromatic carbocycles. The Hall–Kier alpha value is -1.91. The third kappa shape index (κ3) is 3.40. The van der Waals surface area contributed by atoms with E-state index in [0.717, 1.165) is 16.9 Å². The van der Waals surface area contributed by atoms with Gasteiger partial charge in [-0.2, -0.15) is 0 Å². The topological polar surface area (TPSA) is 47.3 Å². The lowest BCUT2D eigenvalue weighted by atomic mass is 9.96. The van der Waals surface area contributed by atoms with Crippen LogP contribution in [0.1, 0.15) is 28.3 Å². The Morgan fingerprint density at radius 1 is 1.24 bits per heavy atom. The fourth-order valence-electron chi connectivity index (χ4n) is 2.48. The maximum Gasteiger partial charge on any atom is 0.130 e. The van der Waals surface area contributed by atoms with Gasteiger partial charge in [0.1, 0.15) is 11.6 Å². The van der Waals surface area contributed by atoms with Crippen molar-refractivity contribution in [3.63, 3.8) is 0 Å². The predicted octanol–water partition coefficient (Wildman–Crippen LogP) is 3.20. The standard InChI is InChI=1S/C17H21FN2O/c1-11-7-8-16(21-3)13(9-11)10-15(20-19)14-6-4-5-12(2)17(14)18/h4-9,15,20H,10,19H2,1-3H3. The minimum absolute atomic E-state index is 0.216. The quantitative estimate of drug-likeness (QED) is 0.656. The maximum atomic E-state index is 14.3. The molecule has 0 fully saturated rings. The van der Waals surface area contributed by atoms with E-state index in [1.165, 1.54) is 0 Å². The molecule has 0 aliphatic rings. The highest BCUT2D eigenvalue weighted by molar-refractivity contribution is 5.39. The summed E-state index contributed by atoms with van der Waals surface area (Å²) < 4.78 is 19.6. The fourth-order valence-corrected chi connectivity index (χ4v) is 2.48. The minimum Gasteiger partial charge on any atom is -0.496 e. The van der Waals surface area contributed by atoms with Crippen molar-refractivity contribution in [3.05, 3.63) is 64.5 Å². The van der Waals surface area contributed by atoms with Gasteiger partial charge in [-0.1, -0.05) is 35.9 Å². The van der Waals surface area contributed by atoms with E-state index in [2.05, 4.69) is 5.43 Å². The van der Waals surface area contributed by atoms with E-state index >= 15 is 0 Å². The van der Waals surface area contributed by atoms with Crippen LogP contribution >= 0.6 is 0 Å². The number of nitrogens with two attached hydrogens (primary N) is 1. The number of hydrogen-bond donors (Lipinski definition) is 2. The lowest BCUT2D eigenvalue weighted by Gasteiger charge is -2.19. The Morgan fingerprint density at radius 3 is 2.67 bits per heavy atom. The highest BCUT2D eigenvalue weighted by Crippen LogP contribution is 2.27. The monoisotopic (exact) mass is 288 g/mol. The van der Waals surface area contributed by atoms with Gasteiger partial charge in [0.15, 0.2) is 0 Å². The van der Waals surface area contributed by atoms with Gasteiger partial charge in [0.25, 0.3) is 0 Å². The van der Waals surface area contributed by atoms with Crippen molar-refractivity contribution in [1.29, 1.82) is 0 Å². The first kappa shape index (κ1) is 15.5. The van der Waals surface area contributed by atoms with Gasteiger partial charge in [0.2, 0.25) is 0 Å². The minimum atomic E-state index is -0.305. The normalized spacial score (nSPS) is 12.2. The first-order valence-electron chi connectivity index (χ1n) is 6.91. The van der Waals surface area contributed by atoms with E-state index in [1.807, 2.05) is 31.2 Å². The molecule has 0 aromatic heterocycles. The molecule has 3 N–H and O–H groups in total. The Bertz CT molecular complexity index is 628. The maximum absolute atomic E-state index is 14.3. The molecule has 21 heavy (non-hydrogen) atoms. The third-order valence-electron chi connectivity index (χ3n) is 3.66. The number of methoxy groups -OCH3 is 1. The number of hydrazine groups is 1. The van der Waals surface area contributed by atoms with Crippen LogP contribution in [-0.4, -0.2) is 7.11 Å². The molecule has 0 bridgehead atoms. The highest BCUT2D eigenvalue weighted by Gasteiger charge is 2.18. The van der Waals surface area contributed by atoms with Gasteiger partial charge in [-0.05, 0) is 37.5 Å². The van der Waals surface area contributed by atoms with Crippen LogP contribution < -0.4 is 16.0 Å². The van der Waals surface area contributed by atoms with E-state index in [4.69, 9.17) is 10.6 Å². The molecule has 0 saturated carbocycles. The summed E-state index contributed by atoms with van der Waals surface area (Å²) in [6.45, 7) is 3.76. The average Bonchev–Trinajstić information content (AvgIpc) is 2.48. The van der Waals surface area contributed by atoms with Crippen LogP contribution in [-0.2, 0) is 6.42 Å². The summed E-state index contributed by atoms with van der Waals surface area (Å²) in [7, 11) is 1.63. The van der Waals surface area contributed by atoms with E-state index in [-0.39, 0.29) is 11.9 Å². The smallest absolute Gasteiger partial charge is 0.130 e. The average molecular weight is 288 g/mol. The Labute approximate surface area is 124 Å². The summed E-state index contributed by atoms with van der Waals surface area (Å²) in [6, 6.07) is 11.0. The second kappa shape index (κ2) is 6.70. The summed E-state index contributed by atoms with van der Waals surface area (Å²) in [5.74, 6) is 6.21. The van der Waals surface area contributed by atoms with Crippen molar-refractivity contribution >= 4 is 0 Å². The number of rotatable bonds is 5. The summed E-state index contributed by atoms with van der Waals surface area (Å²) in [4.78, 5) is 0. The molecule has 2 aromatic rings. The van der Waals surface area contributed by atoms with Crippen molar-refractivity contribution < 1.29 is 9.13 Å². The molecule has 1 atom stereocenters. The van der Waals surface area contributed by atoms with Crippen LogP contribution in [0.25, 0.3) is 0 Å². The fraction of sp³-hybridized carbons (Fsp3) is 0.294. The molecule has 112 valence electrons. The molecule has 0 aliphatic carbocycles. The number of benzene rings is 2. The van der Waals surface area contributed by atoms with Crippen LogP contribution in [0.3, 0.4) is 0 Å². The van der Waals surface area contributed by atoms with Gasteiger partial charge < -0.3 is 4.74 Å². The largest absolute Gasteiger partial charge is 0.496 e. The van der Waals surface area contributed by atoms with Crippen molar-refractivity contribution in [2.24, 2.45) is 5.84 Å². The highest BCUT2D eigenvalue weighted by atomic mass is 19.1. The Morgan fingerprint density at radius 2 is 2.00 bits per heavy atom. The van der Waals surface area contributed by atoms with Crippen LogP contribution in [0.15, 0.2) is 36.4 Å². The first-order valence-corrected chi connectivity index (χ1v) is 6.91. The predicted molar refractivity (Wildman–Crippen MR) is 82.6 cm³/mol. The van der Waals surface area contributed by atoms with Crippen molar-refractivity contribution in [2.45, 2.75) is 26.3 Å². The lowest BCUT2D eigenvalue weighted by molar-refractivity contribution is 0.404. The molecule has 1 unspecified atom stereocenters.